The summed E-state index contributed by atoms with van der Waals surface area (Å²) in [7, 11) is 0. The molecule has 0 aromatic carbocycles. The Labute approximate surface area is 75.6 Å². The Morgan fingerprint density at radius 1 is 1.42 bits per heavy atom. The van der Waals surface area contributed by atoms with E-state index < -0.39 is 0 Å². The van der Waals surface area contributed by atoms with Crippen LogP contribution in [0.5, 0.6) is 0 Å². The van der Waals surface area contributed by atoms with Crippen molar-refractivity contribution in [2.45, 2.75) is 32.6 Å². The number of aliphatic hydroxyl groups is 1. The summed E-state index contributed by atoms with van der Waals surface area (Å²) in [6, 6.07) is 0. The summed E-state index contributed by atoms with van der Waals surface area (Å²) in [5.74, 6) is 0.962. The van der Waals surface area contributed by atoms with Crippen LogP contribution in [0.2, 0.25) is 0 Å². The fraction of sp³-hybridized carbons (Fsp3) is 1.00. The molecule has 0 radical (unpaired) electrons. The van der Waals surface area contributed by atoms with Crippen molar-refractivity contribution in [2.75, 3.05) is 26.2 Å². The second-order valence-electron chi connectivity index (χ2n) is 3.77. The highest BCUT2D eigenvalue weighted by Crippen LogP contribution is 2.26. The van der Waals surface area contributed by atoms with Crippen LogP contribution in [-0.4, -0.2) is 36.2 Å². The van der Waals surface area contributed by atoms with E-state index >= 15 is 0 Å². The molecule has 0 aromatic rings. The lowest BCUT2D eigenvalue weighted by Crippen LogP contribution is -2.33. The molecule has 0 unspecified atom stereocenters. The van der Waals surface area contributed by atoms with Gasteiger partial charge in [0.15, 0.2) is 0 Å². The molecule has 0 spiro atoms. The van der Waals surface area contributed by atoms with Crippen molar-refractivity contribution in [3.05, 3.63) is 0 Å². The van der Waals surface area contributed by atoms with Crippen LogP contribution in [0.1, 0.15) is 32.6 Å². The summed E-state index contributed by atoms with van der Waals surface area (Å²) >= 11 is 0. The summed E-state index contributed by atoms with van der Waals surface area (Å²) in [4.78, 5) is 2.46. The van der Waals surface area contributed by atoms with Gasteiger partial charge < -0.3 is 10.0 Å². The molecule has 1 aliphatic carbocycles. The molecule has 2 nitrogen and oxygen atoms in total. The van der Waals surface area contributed by atoms with E-state index in [4.69, 9.17) is 5.11 Å². The topological polar surface area (TPSA) is 23.5 Å². The van der Waals surface area contributed by atoms with E-state index in [-0.39, 0.29) is 0 Å². The number of hydrogen-bond acceptors (Lipinski definition) is 2. The zero-order chi connectivity index (χ0) is 8.81. The van der Waals surface area contributed by atoms with E-state index in [2.05, 4.69) is 11.8 Å². The smallest absolute Gasteiger partial charge is 0.0443 e. The molecular formula is C10H21NO. The van der Waals surface area contributed by atoms with E-state index in [1.165, 1.54) is 25.8 Å². The Bertz CT molecular complexity index is 112. The summed E-state index contributed by atoms with van der Waals surface area (Å²) in [5.41, 5.74) is 0. The van der Waals surface area contributed by atoms with Crippen molar-refractivity contribution in [1.29, 1.82) is 0 Å². The van der Waals surface area contributed by atoms with Crippen LogP contribution < -0.4 is 0 Å². The van der Waals surface area contributed by atoms with Crippen molar-refractivity contribution in [1.82, 2.24) is 4.90 Å². The number of aliphatic hydroxyl groups excluding tert-OH is 1. The average molecular weight is 171 g/mol. The van der Waals surface area contributed by atoms with Crippen LogP contribution in [-0.2, 0) is 0 Å². The SMILES string of the molecule is CCN(CCCO)CC1CCC1. The lowest BCUT2D eigenvalue weighted by molar-refractivity contribution is 0.169. The molecule has 12 heavy (non-hydrogen) atoms. The van der Waals surface area contributed by atoms with Gasteiger partial charge in [-0.3, -0.25) is 0 Å². The molecule has 1 N–H and O–H groups in total. The fourth-order valence-electron chi connectivity index (χ4n) is 1.71. The molecule has 0 saturated heterocycles. The molecule has 0 amide bonds. The van der Waals surface area contributed by atoms with Crippen LogP contribution >= 0.6 is 0 Å². The third kappa shape index (κ3) is 3.11. The van der Waals surface area contributed by atoms with E-state index in [9.17, 15) is 0 Å². The average Bonchev–Trinajstić information content (AvgIpc) is 2.02. The van der Waals surface area contributed by atoms with Gasteiger partial charge in [0, 0.05) is 19.7 Å². The monoisotopic (exact) mass is 171 g/mol. The Morgan fingerprint density at radius 3 is 2.58 bits per heavy atom. The molecule has 0 aliphatic heterocycles. The quantitative estimate of drug-likeness (QED) is 0.654. The minimum atomic E-state index is 0.334. The molecule has 0 heterocycles. The summed E-state index contributed by atoms with van der Waals surface area (Å²) in [6.45, 7) is 6.01. The first-order chi connectivity index (χ1) is 5.86. The molecule has 1 rings (SSSR count). The van der Waals surface area contributed by atoms with Crippen LogP contribution in [0.3, 0.4) is 0 Å². The predicted octanol–water partition coefficient (Wildman–Crippen LogP) is 1.49. The van der Waals surface area contributed by atoms with E-state index in [0.29, 0.717) is 6.61 Å². The van der Waals surface area contributed by atoms with E-state index in [1.807, 2.05) is 0 Å². The van der Waals surface area contributed by atoms with Gasteiger partial charge in [0.05, 0.1) is 0 Å². The summed E-state index contributed by atoms with van der Waals surface area (Å²) in [5, 5.41) is 8.69. The van der Waals surface area contributed by atoms with Gasteiger partial charge in [0.2, 0.25) is 0 Å². The number of rotatable bonds is 6. The molecule has 1 aliphatic rings. The summed E-state index contributed by atoms with van der Waals surface area (Å²) in [6.07, 6.45) is 5.22. The number of hydrogen-bond donors (Lipinski definition) is 1. The van der Waals surface area contributed by atoms with Crippen LogP contribution in [0.4, 0.5) is 0 Å². The highest BCUT2D eigenvalue weighted by Gasteiger charge is 2.19. The molecule has 72 valence electrons. The minimum Gasteiger partial charge on any atom is -0.396 e. The predicted molar refractivity (Wildman–Crippen MR) is 51.2 cm³/mol. The van der Waals surface area contributed by atoms with Gasteiger partial charge in [-0.25, -0.2) is 0 Å². The molecule has 0 bridgehead atoms. The van der Waals surface area contributed by atoms with Gasteiger partial charge in [-0.15, -0.1) is 0 Å². The van der Waals surface area contributed by atoms with Crippen molar-refractivity contribution < 1.29 is 5.11 Å². The van der Waals surface area contributed by atoms with Gasteiger partial charge in [-0.2, -0.15) is 0 Å². The maximum absolute atomic E-state index is 8.69. The maximum atomic E-state index is 8.69. The second-order valence-corrected chi connectivity index (χ2v) is 3.77. The second kappa shape index (κ2) is 5.55. The van der Waals surface area contributed by atoms with Gasteiger partial charge in [-0.1, -0.05) is 13.3 Å². The first-order valence-corrected chi connectivity index (χ1v) is 5.20. The van der Waals surface area contributed by atoms with Crippen LogP contribution in [0, 0.1) is 5.92 Å². The van der Waals surface area contributed by atoms with Gasteiger partial charge in [-0.05, 0) is 31.7 Å². The Kier molecular flexibility index (Phi) is 4.62. The standard InChI is InChI=1S/C10H21NO/c1-2-11(7-4-8-12)9-10-5-3-6-10/h10,12H,2-9H2,1H3. The highest BCUT2D eigenvalue weighted by atomic mass is 16.3. The zero-order valence-electron chi connectivity index (χ0n) is 8.13. The Morgan fingerprint density at radius 2 is 2.17 bits per heavy atom. The maximum Gasteiger partial charge on any atom is 0.0443 e. The van der Waals surface area contributed by atoms with Crippen molar-refractivity contribution in [3.8, 4) is 0 Å². The minimum absolute atomic E-state index is 0.334. The zero-order valence-corrected chi connectivity index (χ0v) is 8.13. The molecule has 1 fully saturated rings. The third-order valence-electron chi connectivity index (χ3n) is 2.82. The highest BCUT2D eigenvalue weighted by molar-refractivity contribution is 4.73. The van der Waals surface area contributed by atoms with Crippen LogP contribution in [0.25, 0.3) is 0 Å². The van der Waals surface area contributed by atoms with Crippen molar-refractivity contribution in [3.63, 3.8) is 0 Å². The van der Waals surface area contributed by atoms with Gasteiger partial charge >= 0.3 is 0 Å². The van der Waals surface area contributed by atoms with E-state index in [1.54, 1.807) is 0 Å². The normalized spacial score (nSPS) is 18.2. The largest absolute Gasteiger partial charge is 0.396 e. The molecule has 1 saturated carbocycles. The van der Waals surface area contributed by atoms with Crippen LogP contribution in [0.15, 0.2) is 0 Å². The lowest BCUT2D eigenvalue weighted by Gasteiger charge is -2.31. The van der Waals surface area contributed by atoms with Crippen molar-refractivity contribution >= 4 is 0 Å². The third-order valence-corrected chi connectivity index (χ3v) is 2.82. The fourth-order valence-corrected chi connectivity index (χ4v) is 1.71. The van der Waals surface area contributed by atoms with Crippen molar-refractivity contribution in [2.24, 2.45) is 5.92 Å². The van der Waals surface area contributed by atoms with Gasteiger partial charge in [0.1, 0.15) is 0 Å². The summed E-state index contributed by atoms with van der Waals surface area (Å²) < 4.78 is 0. The molecule has 0 aromatic heterocycles. The first-order valence-electron chi connectivity index (χ1n) is 5.20. The lowest BCUT2D eigenvalue weighted by atomic mass is 9.85. The molecular weight excluding hydrogens is 150 g/mol. The first kappa shape index (κ1) is 10.0. The van der Waals surface area contributed by atoms with E-state index in [0.717, 1.165) is 25.4 Å². The Balaban J connectivity index is 2.06. The molecule has 2 heteroatoms. The molecule has 0 atom stereocenters. The van der Waals surface area contributed by atoms with Gasteiger partial charge in [0.25, 0.3) is 0 Å². The number of nitrogens with zero attached hydrogens (tertiary/aromatic N) is 1. The Hall–Kier alpha value is -0.0800.